The Labute approximate surface area is 99.8 Å². The van der Waals surface area contributed by atoms with Crippen LogP contribution in [0.4, 0.5) is 17.2 Å². The van der Waals surface area contributed by atoms with Crippen LogP contribution in [-0.2, 0) is 13.5 Å². The van der Waals surface area contributed by atoms with Crippen molar-refractivity contribution in [1.82, 2.24) is 14.8 Å². The van der Waals surface area contributed by atoms with Crippen molar-refractivity contribution < 1.29 is 0 Å². The molecule has 0 saturated heterocycles. The van der Waals surface area contributed by atoms with Gasteiger partial charge in [0.15, 0.2) is 0 Å². The lowest BCUT2D eigenvalue weighted by Crippen LogP contribution is -2.08. The first kappa shape index (κ1) is 11.4. The molecule has 0 aliphatic heterocycles. The second-order valence-electron chi connectivity index (χ2n) is 3.72. The zero-order valence-corrected chi connectivity index (χ0v) is 9.94. The third-order valence-electron chi connectivity index (χ3n) is 2.43. The summed E-state index contributed by atoms with van der Waals surface area (Å²) in [5.74, 6) is 5.94. The molecule has 17 heavy (non-hydrogen) atoms. The van der Waals surface area contributed by atoms with E-state index in [1.54, 1.807) is 10.9 Å². The van der Waals surface area contributed by atoms with E-state index in [4.69, 9.17) is 5.84 Å². The average molecular weight is 232 g/mol. The minimum absolute atomic E-state index is 0.622. The predicted octanol–water partition coefficient (Wildman–Crippen LogP) is 1.41. The summed E-state index contributed by atoms with van der Waals surface area (Å²) in [5, 5.41) is 7.67. The van der Waals surface area contributed by atoms with Crippen molar-refractivity contribution >= 4 is 17.2 Å². The molecule has 90 valence electrons. The third-order valence-corrected chi connectivity index (χ3v) is 2.43. The molecule has 0 unspecified atom stereocenters. The zero-order chi connectivity index (χ0) is 12.3. The molecule has 0 radical (unpaired) electrons. The van der Waals surface area contributed by atoms with Crippen LogP contribution in [0.5, 0.6) is 0 Å². The molecule has 0 saturated carbocycles. The van der Waals surface area contributed by atoms with E-state index >= 15 is 0 Å². The lowest BCUT2D eigenvalue weighted by atomic mass is 10.3. The molecule has 2 aromatic heterocycles. The molecule has 0 aromatic carbocycles. The van der Waals surface area contributed by atoms with Crippen LogP contribution in [0, 0.1) is 0 Å². The topological polar surface area (TPSA) is 80.8 Å². The van der Waals surface area contributed by atoms with E-state index in [9.17, 15) is 0 Å². The standard InChI is InChI=1S/C11H16N6/c1-3-9-10(7-17(2)16-9)14-8-4-5-13-11(6-8)15-12/h4-7H,3,12H2,1-2H3,(H2,13,14,15). The van der Waals surface area contributed by atoms with Gasteiger partial charge < -0.3 is 10.7 Å². The number of hydrogen-bond acceptors (Lipinski definition) is 5. The number of anilines is 3. The summed E-state index contributed by atoms with van der Waals surface area (Å²) in [6, 6.07) is 3.72. The molecule has 0 fully saturated rings. The van der Waals surface area contributed by atoms with Gasteiger partial charge in [-0.05, 0) is 12.5 Å². The molecule has 6 heteroatoms. The van der Waals surface area contributed by atoms with E-state index in [0.717, 1.165) is 23.5 Å². The molecule has 0 bridgehead atoms. The summed E-state index contributed by atoms with van der Waals surface area (Å²) in [6.07, 6.45) is 4.53. The fourth-order valence-corrected chi connectivity index (χ4v) is 1.64. The van der Waals surface area contributed by atoms with Gasteiger partial charge in [-0.1, -0.05) is 6.92 Å². The molecule has 0 aliphatic rings. The van der Waals surface area contributed by atoms with Gasteiger partial charge in [0, 0.05) is 31.2 Å². The highest BCUT2D eigenvalue weighted by atomic mass is 15.3. The Hall–Kier alpha value is -2.08. The maximum absolute atomic E-state index is 5.32. The summed E-state index contributed by atoms with van der Waals surface area (Å²) in [5.41, 5.74) is 5.48. The van der Waals surface area contributed by atoms with Gasteiger partial charge in [0.25, 0.3) is 0 Å². The molecule has 2 heterocycles. The summed E-state index contributed by atoms with van der Waals surface area (Å²) in [4.78, 5) is 4.05. The van der Waals surface area contributed by atoms with Gasteiger partial charge in [0.1, 0.15) is 5.82 Å². The van der Waals surface area contributed by atoms with Gasteiger partial charge in [-0.15, -0.1) is 0 Å². The first-order valence-corrected chi connectivity index (χ1v) is 5.45. The Bertz CT molecular complexity index is 504. The van der Waals surface area contributed by atoms with E-state index < -0.39 is 0 Å². The van der Waals surface area contributed by atoms with Gasteiger partial charge in [-0.2, -0.15) is 5.10 Å². The van der Waals surface area contributed by atoms with Gasteiger partial charge in [0.05, 0.1) is 11.4 Å². The Kier molecular flexibility index (Phi) is 3.24. The molecule has 0 spiro atoms. The molecule has 2 aromatic rings. The fourth-order valence-electron chi connectivity index (χ4n) is 1.64. The first-order chi connectivity index (χ1) is 8.22. The van der Waals surface area contributed by atoms with Crippen LogP contribution in [-0.4, -0.2) is 14.8 Å². The number of aromatic nitrogens is 3. The molecule has 6 nitrogen and oxygen atoms in total. The van der Waals surface area contributed by atoms with Crippen molar-refractivity contribution in [2.24, 2.45) is 12.9 Å². The quantitative estimate of drug-likeness (QED) is 0.548. The summed E-state index contributed by atoms with van der Waals surface area (Å²) in [7, 11) is 1.91. The maximum atomic E-state index is 5.32. The molecule has 4 N–H and O–H groups in total. The molecule has 0 amide bonds. The largest absolute Gasteiger partial charge is 0.353 e. The van der Waals surface area contributed by atoms with E-state index in [0.29, 0.717) is 5.82 Å². The molecule has 0 atom stereocenters. The Morgan fingerprint density at radius 2 is 2.29 bits per heavy atom. The van der Waals surface area contributed by atoms with Crippen LogP contribution in [0.1, 0.15) is 12.6 Å². The van der Waals surface area contributed by atoms with Crippen molar-refractivity contribution in [3.63, 3.8) is 0 Å². The number of hydrazine groups is 1. The lowest BCUT2D eigenvalue weighted by molar-refractivity contribution is 0.746. The number of nitrogens with two attached hydrogens (primary N) is 1. The van der Waals surface area contributed by atoms with E-state index in [-0.39, 0.29) is 0 Å². The molecule has 0 aliphatic carbocycles. The molecular weight excluding hydrogens is 216 g/mol. The predicted molar refractivity (Wildman–Crippen MR) is 67.9 cm³/mol. The summed E-state index contributed by atoms with van der Waals surface area (Å²) in [6.45, 7) is 2.08. The van der Waals surface area contributed by atoms with Crippen LogP contribution in [0.3, 0.4) is 0 Å². The van der Waals surface area contributed by atoms with E-state index in [1.807, 2.05) is 25.4 Å². The molecule has 2 rings (SSSR count). The minimum Gasteiger partial charge on any atom is -0.353 e. The van der Waals surface area contributed by atoms with Gasteiger partial charge >= 0.3 is 0 Å². The fraction of sp³-hybridized carbons (Fsp3) is 0.273. The Morgan fingerprint density at radius 1 is 1.47 bits per heavy atom. The highest BCUT2D eigenvalue weighted by molar-refractivity contribution is 5.63. The SMILES string of the molecule is CCc1nn(C)cc1Nc1ccnc(NN)c1. The maximum Gasteiger partial charge on any atom is 0.141 e. The normalized spacial score (nSPS) is 10.3. The second-order valence-corrected chi connectivity index (χ2v) is 3.72. The van der Waals surface area contributed by atoms with E-state index in [1.165, 1.54) is 0 Å². The zero-order valence-electron chi connectivity index (χ0n) is 9.94. The number of pyridine rings is 1. The van der Waals surface area contributed by atoms with E-state index in [2.05, 4.69) is 27.7 Å². The highest BCUT2D eigenvalue weighted by Crippen LogP contribution is 2.21. The smallest absolute Gasteiger partial charge is 0.141 e. The lowest BCUT2D eigenvalue weighted by Gasteiger charge is -2.06. The number of nitrogen functional groups attached to an aromatic ring is 1. The van der Waals surface area contributed by atoms with Gasteiger partial charge in [-0.25, -0.2) is 10.8 Å². The second kappa shape index (κ2) is 4.84. The van der Waals surface area contributed by atoms with Crippen molar-refractivity contribution in [2.75, 3.05) is 10.7 Å². The number of rotatable bonds is 4. The number of aryl methyl sites for hydroxylation is 2. The minimum atomic E-state index is 0.622. The van der Waals surface area contributed by atoms with Crippen LogP contribution >= 0.6 is 0 Å². The number of nitrogens with one attached hydrogen (secondary N) is 2. The van der Waals surface area contributed by atoms with Gasteiger partial charge in [0.2, 0.25) is 0 Å². The monoisotopic (exact) mass is 232 g/mol. The van der Waals surface area contributed by atoms with Crippen molar-refractivity contribution in [1.29, 1.82) is 0 Å². The van der Waals surface area contributed by atoms with Crippen LogP contribution in [0.2, 0.25) is 0 Å². The van der Waals surface area contributed by atoms with Crippen LogP contribution < -0.4 is 16.6 Å². The van der Waals surface area contributed by atoms with Crippen LogP contribution in [0.15, 0.2) is 24.5 Å². The summed E-state index contributed by atoms with van der Waals surface area (Å²) < 4.78 is 1.80. The van der Waals surface area contributed by atoms with Gasteiger partial charge in [-0.3, -0.25) is 4.68 Å². The first-order valence-electron chi connectivity index (χ1n) is 5.45. The number of nitrogens with zero attached hydrogens (tertiary/aromatic N) is 3. The average Bonchev–Trinajstić information content (AvgIpc) is 2.69. The third kappa shape index (κ3) is 2.54. The Balaban J connectivity index is 2.24. The molecular formula is C11H16N6. The Morgan fingerprint density at radius 3 is 3.00 bits per heavy atom. The van der Waals surface area contributed by atoms with Crippen molar-refractivity contribution in [3.05, 3.63) is 30.2 Å². The van der Waals surface area contributed by atoms with Crippen molar-refractivity contribution in [2.45, 2.75) is 13.3 Å². The summed E-state index contributed by atoms with van der Waals surface area (Å²) >= 11 is 0. The highest BCUT2D eigenvalue weighted by Gasteiger charge is 2.06. The van der Waals surface area contributed by atoms with Crippen LogP contribution in [0.25, 0.3) is 0 Å². The number of hydrogen-bond donors (Lipinski definition) is 3. The van der Waals surface area contributed by atoms with Crippen molar-refractivity contribution in [3.8, 4) is 0 Å².